The second-order valence-corrected chi connectivity index (χ2v) is 5.58. The number of sulfone groups is 1. The maximum Gasteiger partial charge on any atom is 0.338 e. The van der Waals surface area contributed by atoms with Gasteiger partial charge in [-0.05, 0) is 12.1 Å². The van der Waals surface area contributed by atoms with Crippen molar-refractivity contribution in [2.24, 2.45) is 0 Å². The zero-order valence-corrected chi connectivity index (χ0v) is 9.82. The van der Waals surface area contributed by atoms with Crippen LogP contribution in [-0.4, -0.2) is 25.7 Å². The Morgan fingerprint density at radius 3 is 2.27 bits per heavy atom. The lowest BCUT2D eigenvalue weighted by molar-refractivity contribution is 0.0697. The smallest absolute Gasteiger partial charge is 0.338 e. The summed E-state index contributed by atoms with van der Waals surface area (Å²) in [6.07, 6.45) is 0.938. The molecule has 0 unspecified atom stereocenters. The van der Waals surface area contributed by atoms with Crippen molar-refractivity contribution in [3.8, 4) is 0 Å². The number of hydrogen-bond donors (Lipinski definition) is 1. The van der Waals surface area contributed by atoms with E-state index < -0.39 is 21.4 Å². The number of aromatic carboxylic acids is 1. The topological polar surface area (TPSA) is 71.4 Å². The SMILES string of the molecule is CS(=O)(=O)c1ccc(Cl)c(C(=O)O)c1Cl. The largest absolute Gasteiger partial charge is 0.478 e. The van der Waals surface area contributed by atoms with Crippen molar-refractivity contribution in [1.82, 2.24) is 0 Å². The molecule has 82 valence electrons. The summed E-state index contributed by atoms with van der Waals surface area (Å²) in [5.41, 5.74) is -0.402. The molecule has 1 aromatic rings. The average Bonchev–Trinajstić information content (AvgIpc) is 2.00. The summed E-state index contributed by atoms with van der Waals surface area (Å²) < 4.78 is 22.4. The van der Waals surface area contributed by atoms with E-state index in [1.807, 2.05) is 0 Å². The van der Waals surface area contributed by atoms with Crippen LogP contribution in [0.1, 0.15) is 10.4 Å². The number of halogens is 2. The highest BCUT2D eigenvalue weighted by Crippen LogP contribution is 2.30. The normalized spacial score (nSPS) is 11.4. The van der Waals surface area contributed by atoms with Gasteiger partial charge in [0.2, 0.25) is 0 Å². The van der Waals surface area contributed by atoms with Crippen LogP contribution in [0.25, 0.3) is 0 Å². The average molecular weight is 269 g/mol. The molecule has 0 aliphatic rings. The second kappa shape index (κ2) is 4.00. The lowest BCUT2D eigenvalue weighted by atomic mass is 10.2. The third-order valence-electron chi connectivity index (χ3n) is 1.67. The van der Waals surface area contributed by atoms with Crippen LogP contribution in [0.5, 0.6) is 0 Å². The number of rotatable bonds is 2. The highest BCUT2D eigenvalue weighted by Gasteiger charge is 2.21. The Hall–Kier alpha value is -0.780. The van der Waals surface area contributed by atoms with Crippen molar-refractivity contribution in [1.29, 1.82) is 0 Å². The first-order valence-corrected chi connectivity index (χ1v) is 6.31. The minimum atomic E-state index is -3.56. The van der Waals surface area contributed by atoms with Gasteiger partial charge in [0.25, 0.3) is 0 Å². The van der Waals surface area contributed by atoms with Crippen molar-refractivity contribution in [3.05, 3.63) is 27.7 Å². The molecule has 0 amide bonds. The van der Waals surface area contributed by atoms with Crippen LogP contribution in [0.15, 0.2) is 17.0 Å². The van der Waals surface area contributed by atoms with Gasteiger partial charge < -0.3 is 5.11 Å². The minimum absolute atomic E-state index is 0.0973. The first-order valence-electron chi connectivity index (χ1n) is 3.66. The summed E-state index contributed by atoms with van der Waals surface area (Å²) in [5.74, 6) is -1.37. The lowest BCUT2D eigenvalue weighted by Crippen LogP contribution is -2.05. The van der Waals surface area contributed by atoms with Crippen LogP contribution in [0.2, 0.25) is 10.0 Å². The molecule has 7 heteroatoms. The van der Waals surface area contributed by atoms with Gasteiger partial charge in [0, 0.05) is 6.26 Å². The summed E-state index contributed by atoms with van der Waals surface area (Å²) in [4.78, 5) is 10.5. The molecule has 0 aromatic heterocycles. The quantitative estimate of drug-likeness (QED) is 0.892. The summed E-state index contributed by atoms with van der Waals surface area (Å²) in [6.45, 7) is 0. The van der Waals surface area contributed by atoms with Gasteiger partial charge in [-0.25, -0.2) is 13.2 Å². The van der Waals surface area contributed by atoms with Crippen molar-refractivity contribution < 1.29 is 18.3 Å². The molecule has 1 N–H and O–H groups in total. The fourth-order valence-corrected chi connectivity index (χ4v) is 2.71. The molecule has 0 bridgehead atoms. The molecule has 4 nitrogen and oxygen atoms in total. The van der Waals surface area contributed by atoms with E-state index in [1.54, 1.807) is 0 Å². The first-order chi connectivity index (χ1) is 6.75. The lowest BCUT2D eigenvalue weighted by Gasteiger charge is -2.06. The van der Waals surface area contributed by atoms with Crippen LogP contribution >= 0.6 is 23.2 Å². The van der Waals surface area contributed by atoms with Gasteiger partial charge in [-0.1, -0.05) is 23.2 Å². The maximum absolute atomic E-state index is 11.2. The van der Waals surface area contributed by atoms with E-state index in [2.05, 4.69) is 0 Å². The van der Waals surface area contributed by atoms with Gasteiger partial charge in [-0.3, -0.25) is 0 Å². The predicted octanol–water partition coefficient (Wildman–Crippen LogP) is 2.10. The summed E-state index contributed by atoms with van der Waals surface area (Å²) >= 11 is 11.2. The fourth-order valence-electron chi connectivity index (χ4n) is 1.02. The molecular formula is C8H6Cl2O4S. The molecule has 0 fully saturated rings. The van der Waals surface area contributed by atoms with Gasteiger partial charge >= 0.3 is 5.97 Å². The number of carbonyl (C=O) groups is 1. The molecule has 0 aliphatic carbocycles. The molecule has 0 heterocycles. The predicted molar refractivity (Wildman–Crippen MR) is 56.5 cm³/mol. The van der Waals surface area contributed by atoms with E-state index in [1.165, 1.54) is 12.1 Å². The van der Waals surface area contributed by atoms with E-state index >= 15 is 0 Å². The van der Waals surface area contributed by atoms with Gasteiger partial charge in [-0.2, -0.15) is 0 Å². The Kier molecular flexibility index (Phi) is 3.28. The van der Waals surface area contributed by atoms with Crippen LogP contribution in [0.3, 0.4) is 0 Å². The Labute approximate surface area is 96.3 Å². The van der Waals surface area contributed by atoms with Gasteiger partial charge in [0.1, 0.15) is 0 Å². The van der Waals surface area contributed by atoms with Crippen molar-refractivity contribution in [3.63, 3.8) is 0 Å². The van der Waals surface area contributed by atoms with Gasteiger partial charge in [-0.15, -0.1) is 0 Å². The molecule has 0 spiro atoms. The number of carboxylic acids is 1. The molecule has 1 aromatic carbocycles. The molecule has 0 saturated heterocycles. The van der Waals surface area contributed by atoms with E-state index in [0.29, 0.717) is 0 Å². The third kappa shape index (κ3) is 2.42. The monoisotopic (exact) mass is 268 g/mol. The molecule has 0 aliphatic heterocycles. The number of hydrogen-bond acceptors (Lipinski definition) is 3. The third-order valence-corrected chi connectivity index (χ3v) is 3.63. The molecule has 0 radical (unpaired) electrons. The van der Waals surface area contributed by atoms with Crippen LogP contribution in [0.4, 0.5) is 0 Å². The van der Waals surface area contributed by atoms with Crippen LogP contribution in [-0.2, 0) is 9.84 Å². The molecule has 15 heavy (non-hydrogen) atoms. The van der Waals surface area contributed by atoms with Crippen LogP contribution < -0.4 is 0 Å². The molecule has 0 atom stereocenters. The fraction of sp³-hybridized carbons (Fsp3) is 0.125. The zero-order chi connectivity index (χ0) is 11.8. The molecule has 1 rings (SSSR count). The summed E-state index contributed by atoms with van der Waals surface area (Å²) in [6, 6.07) is 2.36. The molecule has 0 saturated carbocycles. The van der Waals surface area contributed by atoms with Gasteiger partial charge in [0.05, 0.1) is 20.5 Å². The Morgan fingerprint density at radius 1 is 1.33 bits per heavy atom. The van der Waals surface area contributed by atoms with E-state index in [0.717, 1.165) is 6.26 Å². The Morgan fingerprint density at radius 2 is 1.87 bits per heavy atom. The van der Waals surface area contributed by atoms with Crippen LogP contribution in [0, 0.1) is 0 Å². The van der Waals surface area contributed by atoms with Crippen molar-refractivity contribution in [2.75, 3.05) is 6.26 Å². The Bertz CT molecular complexity index is 522. The minimum Gasteiger partial charge on any atom is -0.478 e. The second-order valence-electron chi connectivity index (χ2n) is 2.81. The van der Waals surface area contributed by atoms with E-state index in [-0.39, 0.29) is 14.9 Å². The number of benzene rings is 1. The van der Waals surface area contributed by atoms with E-state index in [9.17, 15) is 13.2 Å². The van der Waals surface area contributed by atoms with E-state index in [4.69, 9.17) is 28.3 Å². The molecular weight excluding hydrogens is 263 g/mol. The summed E-state index contributed by atoms with van der Waals surface area (Å²) in [7, 11) is -3.56. The summed E-state index contributed by atoms with van der Waals surface area (Å²) in [5, 5.41) is 8.31. The zero-order valence-electron chi connectivity index (χ0n) is 7.49. The number of carboxylic acid groups (broad SMARTS) is 1. The highest BCUT2D eigenvalue weighted by atomic mass is 35.5. The highest BCUT2D eigenvalue weighted by molar-refractivity contribution is 7.90. The maximum atomic E-state index is 11.2. The standard InChI is InChI=1S/C8H6Cl2O4S/c1-15(13,14)5-3-2-4(9)6(7(5)10)8(11)12/h2-3H,1H3,(H,11,12). The van der Waals surface area contributed by atoms with Crippen molar-refractivity contribution in [2.45, 2.75) is 4.90 Å². The Balaban J connectivity index is 3.64. The van der Waals surface area contributed by atoms with Gasteiger partial charge in [0.15, 0.2) is 9.84 Å². The van der Waals surface area contributed by atoms with Crippen molar-refractivity contribution >= 4 is 39.0 Å². The first kappa shape index (κ1) is 12.3.